The van der Waals surface area contributed by atoms with Gasteiger partial charge in [0.05, 0.1) is 6.04 Å². The highest BCUT2D eigenvalue weighted by Gasteiger charge is 2.13. The van der Waals surface area contributed by atoms with Gasteiger partial charge >= 0.3 is 0 Å². The fourth-order valence-electron chi connectivity index (χ4n) is 2.26. The average molecular weight is 259 g/mol. The van der Waals surface area contributed by atoms with E-state index < -0.39 is 0 Å². The van der Waals surface area contributed by atoms with Crippen LogP contribution >= 0.6 is 0 Å². The molecule has 2 aromatic heterocycles. The molecule has 102 valence electrons. The van der Waals surface area contributed by atoms with Crippen LogP contribution in [0.15, 0.2) is 16.5 Å². The SMILES string of the molecule is CCc1cc(NC(C)c2cc(C)oc2C)nc(C)n1. The van der Waals surface area contributed by atoms with Gasteiger partial charge in [-0.05, 0) is 40.2 Å². The molecule has 0 spiro atoms. The number of aromatic nitrogens is 2. The van der Waals surface area contributed by atoms with Gasteiger partial charge in [-0.1, -0.05) is 6.92 Å². The molecule has 0 amide bonds. The minimum absolute atomic E-state index is 0.163. The zero-order chi connectivity index (χ0) is 14.0. The number of nitrogens with one attached hydrogen (secondary N) is 1. The Morgan fingerprint density at radius 3 is 2.53 bits per heavy atom. The molecule has 0 radical (unpaired) electrons. The third kappa shape index (κ3) is 3.13. The molecule has 1 atom stereocenters. The monoisotopic (exact) mass is 259 g/mol. The van der Waals surface area contributed by atoms with Gasteiger partial charge in [-0.15, -0.1) is 0 Å². The number of hydrogen-bond donors (Lipinski definition) is 1. The van der Waals surface area contributed by atoms with Crippen LogP contribution in [0.1, 0.15) is 48.5 Å². The van der Waals surface area contributed by atoms with Crippen LogP contribution in [0.25, 0.3) is 0 Å². The summed E-state index contributed by atoms with van der Waals surface area (Å²) in [5.74, 6) is 3.57. The predicted octanol–water partition coefficient (Wildman–Crippen LogP) is 3.73. The molecule has 1 N–H and O–H groups in total. The lowest BCUT2D eigenvalue weighted by molar-refractivity contribution is 0.499. The molecule has 0 aliphatic heterocycles. The zero-order valence-electron chi connectivity index (χ0n) is 12.2. The Morgan fingerprint density at radius 1 is 1.21 bits per heavy atom. The molecular weight excluding hydrogens is 238 g/mol. The third-order valence-corrected chi connectivity index (χ3v) is 3.16. The van der Waals surface area contributed by atoms with Gasteiger partial charge in [0.2, 0.25) is 0 Å². The van der Waals surface area contributed by atoms with Crippen molar-refractivity contribution in [2.45, 2.75) is 47.1 Å². The second-order valence-corrected chi connectivity index (χ2v) is 4.88. The van der Waals surface area contributed by atoms with Crippen LogP contribution in [0.3, 0.4) is 0 Å². The van der Waals surface area contributed by atoms with Crippen molar-refractivity contribution >= 4 is 5.82 Å². The van der Waals surface area contributed by atoms with Crippen molar-refractivity contribution in [2.75, 3.05) is 5.32 Å². The van der Waals surface area contributed by atoms with E-state index in [2.05, 4.69) is 35.2 Å². The highest BCUT2D eigenvalue weighted by atomic mass is 16.3. The van der Waals surface area contributed by atoms with E-state index in [1.807, 2.05) is 26.8 Å². The number of anilines is 1. The van der Waals surface area contributed by atoms with Crippen LogP contribution in [0, 0.1) is 20.8 Å². The molecule has 0 saturated heterocycles. The minimum Gasteiger partial charge on any atom is -0.466 e. The van der Waals surface area contributed by atoms with E-state index in [0.717, 1.165) is 35.3 Å². The Bertz CT molecular complexity index is 575. The van der Waals surface area contributed by atoms with Gasteiger partial charge in [0.1, 0.15) is 23.2 Å². The second kappa shape index (κ2) is 5.43. The first kappa shape index (κ1) is 13.6. The summed E-state index contributed by atoms with van der Waals surface area (Å²) in [6.45, 7) is 10.1. The number of nitrogens with zero attached hydrogens (tertiary/aromatic N) is 2. The molecule has 2 aromatic rings. The lowest BCUT2D eigenvalue weighted by Gasteiger charge is -2.14. The summed E-state index contributed by atoms with van der Waals surface area (Å²) in [6.07, 6.45) is 0.913. The maximum atomic E-state index is 5.57. The van der Waals surface area contributed by atoms with Crippen molar-refractivity contribution in [1.82, 2.24) is 9.97 Å². The molecule has 0 aromatic carbocycles. The standard InChI is InChI=1S/C15H21N3O/c1-6-13-8-15(18-12(5)17-13)16-10(3)14-7-9(2)19-11(14)4/h7-8,10H,6H2,1-5H3,(H,16,17,18). The van der Waals surface area contributed by atoms with Gasteiger partial charge in [0, 0.05) is 17.3 Å². The average Bonchev–Trinajstić information content (AvgIpc) is 2.67. The zero-order valence-corrected chi connectivity index (χ0v) is 12.2. The van der Waals surface area contributed by atoms with Crippen LogP contribution in [0.5, 0.6) is 0 Å². The molecular formula is C15H21N3O. The van der Waals surface area contributed by atoms with Crippen molar-refractivity contribution in [1.29, 1.82) is 0 Å². The van der Waals surface area contributed by atoms with Crippen LogP contribution in [0.4, 0.5) is 5.82 Å². The van der Waals surface area contributed by atoms with Gasteiger partial charge in [-0.3, -0.25) is 0 Å². The molecule has 0 bridgehead atoms. The van der Waals surface area contributed by atoms with Gasteiger partial charge in [-0.2, -0.15) is 0 Å². The van der Waals surface area contributed by atoms with Gasteiger partial charge in [0.25, 0.3) is 0 Å². The molecule has 0 aliphatic rings. The number of rotatable bonds is 4. The van der Waals surface area contributed by atoms with Crippen molar-refractivity contribution in [2.24, 2.45) is 0 Å². The fourth-order valence-corrected chi connectivity index (χ4v) is 2.26. The summed E-state index contributed by atoms with van der Waals surface area (Å²) in [6, 6.07) is 4.24. The summed E-state index contributed by atoms with van der Waals surface area (Å²) in [7, 11) is 0. The molecule has 4 nitrogen and oxygen atoms in total. The van der Waals surface area contributed by atoms with E-state index >= 15 is 0 Å². The third-order valence-electron chi connectivity index (χ3n) is 3.16. The van der Waals surface area contributed by atoms with E-state index in [9.17, 15) is 0 Å². The van der Waals surface area contributed by atoms with E-state index in [1.165, 1.54) is 5.56 Å². The summed E-state index contributed by atoms with van der Waals surface area (Å²) in [5, 5.41) is 3.42. The molecule has 2 heterocycles. The summed E-state index contributed by atoms with van der Waals surface area (Å²) >= 11 is 0. The molecule has 19 heavy (non-hydrogen) atoms. The van der Waals surface area contributed by atoms with E-state index in [4.69, 9.17) is 4.42 Å². The molecule has 1 unspecified atom stereocenters. The lowest BCUT2D eigenvalue weighted by Crippen LogP contribution is -2.10. The number of aryl methyl sites for hydroxylation is 4. The molecule has 2 rings (SSSR count). The normalized spacial score (nSPS) is 12.5. The highest BCUT2D eigenvalue weighted by Crippen LogP contribution is 2.24. The Hall–Kier alpha value is -1.84. The van der Waals surface area contributed by atoms with E-state index in [1.54, 1.807) is 0 Å². The second-order valence-electron chi connectivity index (χ2n) is 4.88. The minimum atomic E-state index is 0.163. The first-order chi connectivity index (χ1) is 8.99. The summed E-state index contributed by atoms with van der Waals surface area (Å²) < 4.78 is 5.57. The topological polar surface area (TPSA) is 51.0 Å². The largest absolute Gasteiger partial charge is 0.466 e. The van der Waals surface area contributed by atoms with Crippen molar-refractivity contribution in [3.05, 3.63) is 40.7 Å². The molecule has 0 saturated carbocycles. The van der Waals surface area contributed by atoms with Crippen molar-refractivity contribution < 1.29 is 4.42 Å². The molecule has 4 heteroatoms. The van der Waals surface area contributed by atoms with Gasteiger partial charge in [-0.25, -0.2) is 9.97 Å². The summed E-state index contributed by atoms with van der Waals surface area (Å²) in [4.78, 5) is 8.82. The van der Waals surface area contributed by atoms with Crippen LogP contribution in [0.2, 0.25) is 0 Å². The highest BCUT2D eigenvalue weighted by molar-refractivity contribution is 5.40. The fraction of sp³-hybridized carbons (Fsp3) is 0.467. The van der Waals surface area contributed by atoms with Crippen LogP contribution < -0.4 is 5.32 Å². The Balaban J connectivity index is 2.21. The van der Waals surface area contributed by atoms with Crippen LogP contribution in [-0.2, 0) is 6.42 Å². The first-order valence-electron chi connectivity index (χ1n) is 6.67. The smallest absolute Gasteiger partial charge is 0.130 e. The van der Waals surface area contributed by atoms with Crippen LogP contribution in [-0.4, -0.2) is 9.97 Å². The lowest BCUT2D eigenvalue weighted by atomic mass is 10.1. The van der Waals surface area contributed by atoms with Crippen molar-refractivity contribution in [3.8, 4) is 0 Å². The Labute approximate surface area is 114 Å². The molecule has 0 fully saturated rings. The van der Waals surface area contributed by atoms with Crippen molar-refractivity contribution in [3.63, 3.8) is 0 Å². The molecule has 0 aliphatic carbocycles. The Kier molecular flexibility index (Phi) is 3.88. The maximum Gasteiger partial charge on any atom is 0.130 e. The van der Waals surface area contributed by atoms with Gasteiger partial charge in [0.15, 0.2) is 0 Å². The quantitative estimate of drug-likeness (QED) is 0.909. The first-order valence-corrected chi connectivity index (χ1v) is 6.67. The predicted molar refractivity (Wildman–Crippen MR) is 76.4 cm³/mol. The number of hydrogen-bond acceptors (Lipinski definition) is 4. The number of furan rings is 1. The van der Waals surface area contributed by atoms with E-state index in [-0.39, 0.29) is 6.04 Å². The Morgan fingerprint density at radius 2 is 1.95 bits per heavy atom. The van der Waals surface area contributed by atoms with E-state index in [0.29, 0.717) is 0 Å². The maximum absolute atomic E-state index is 5.57. The van der Waals surface area contributed by atoms with Gasteiger partial charge < -0.3 is 9.73 Å². The summed E-state index contributed by atoms with van der Waals surface area (Å²) in [5.41, 5.74) is 2.23.